The van der Waals surface area contributed by atoms with E-state index in [2.05, 4.69) is 46.4 Å². The van der Waals surface area contributed by atoms with Gasteiger partial charge in [-0.15, -0.1) is 0 Å². The van der Waals surface area contributed by atoms with Crippen molar-refractivity contribution < 1.29 is 14.6 Å². The van der Waals surface area contributed by atoms with Gasteiger partial charge in [0, 0.05) is 29.0 Å². The molecule has 0 atom stereocenters. The summed E-state index contributed by atoms with van der Waals surface area (Å²) in [5.74, 6) is -1.04. The summed E-state index contributed by atoms with van der Waals surface area (Å²) in [6, 6.07) is 16.7. The maximum absolute atomic E-state index is 11.6. The Balaban J connectivity index is 1.80. The van der Waals surface area contributed by atoms with Crippen LogP contribution in [0.1, 0.15) is 27.2 Å². The Bertz CT molecular complexity index is 1120. The van der Waals surface area contributed by atoms with Crippen LogP contribution in [0.2, 0.25) is 0 Å². The number of hydrogen-bond acceptors (Lipinski definition) is 3. The third-order valence-corrected chi connectivity index (χ3v) is 4.84. The normalized spacial score (nSPS) is 11.3. The maximum Gasteiger partial charge on any atom is 0.354 e. The summed E-state index contributed by atoms with van der Waals surface area (Å²) >= 11 is 0. The Morgan fingerprint density at radius 3 is 2.59 bits per heavy atom. The van der Waals surface area contributed by atoms with Crippen LogP contribution >= 0.6 is 0 Å². The molecule has 0 bridgehead atoms. The van der Waals surface area contributed by atoms with E-state index in [1.165, 1.54) is 11.1 Å². The standard InChI is InChI=1S/C22H20N2O3/c1-27-13-17-20-16-11-15(8-7-14-5-3-2-4-6-14)9-10-18(16)24-19(20)12-23-21(17)22(25)26/h2-6,9-12,24H,7-8,13H2,1H3,(H,25,26). The van der Waals surface area contributed by atoms with E-state index in [9.17, 15) is 9.90 Å². The lowest BCUT2D eigenvalue weighted by Gasteiger charge is -2.07. The maximum atomic E-state index is 11.6. The molecule has 0 unspecified atom stereocenters. The number of H-pyrrole nitrogens is 1. The third-order valence-electron chi connectivity index (χ3n) is 4.84. The zero-order valence-electron chi connectivity index (χ0n) is 15.0. The minimum Gasteiger partial charge on any atom is -0.477 e. The lowest BCUT2D eigenvalue weighted by atomic mass is 10.0. The third kappa shape index (κ3) is 3.29. The number of aromatic carboxylic acids is 1. The summed E-state index contributed by atoms with van der Waals surface area (Å²) in [5.41, 5.74) is 4.95. The van der Waals surface area contributed by atoms with Gasteiger partial charge in [0.05, 0.1) is 18.3 Å². The van der Waals surface area contributed by atoms with Crippen LogP contribution in [0.3, 0.4) is 0 Å². The smallest absolute Gasteiger partial charge is 0.354 e. The number of rotatable bonds is 6. The Morgan fingerprint density at radius 1 is 1.07 bits per heavy atom. The molecule has 136 valence electrons. The number of nitrogens with zero attached hydrogens (tertiary/aromatic N) is 1. The van der Waals surface area contributed by atoms with Gasteiger partial charge in [-0.25, -0.2) is 9.78 Å². The number of fused-ring (bicyclic) bond motifs is 3. The fraction of sp³-hybridized carbons (Fsp3) is 0.182. The number of aryl methyl sites for hydroxylation is 2. The lowest BCUT2D eigenvalue weighted by Crippen LogP contribution is -2.07. The van der Waals surface area contributed by atoms with E-state index < -0.39 is 5.97 Å². The summed E-state index contributed by atoms with van der Waals surface area (Å²) in [5, 5.41) is 11.4. The summed E-state index contributed by atoms with van der Waals surface area (Å²) in [6.07, 6.45) is 3.46. The average molecular weight is 360 g/mol. The van der Waals surface area contributed by atoms with Gasteiger partial charge >= 0.3 is 5.97 Å². The van der Waals surface area contributed by atoms with Crippen molar-refractivity contribution in [2.45, 2.75) is 19.4 Å². The average Bonchev–Trinajstić information content (AvgIpc) is 3.05. The van der Waals surface area contributed by atoms with Crippen molar-refractivity contribution in [2.75, 3.05) is 7.11 Å². The second-order valence-electron chi connectivity index (χ2n) is 6.60. The first-order valence-electron chi connectivity index (χ1n) is 8.85. The molecule has 0 aliphatic rings. The van der Waals surface area contributed by atoms with Gasteiger partial charge in [-0.05, 0) is 36.1 Å². The fourth-order valence-electron chi connectivity index (χ4n) is 3.57. The Labute approximate surface area is 156 Å². The minimum atomic E-state index is -1.04. The summed E-state index contributed by atoms with van der Waals surface area (Å²) in [7, 11) is 1.56. The first-order valence-corrected chi connectivity index (χ1v) is 8.85. The van der Waals surface area contributed by atoms with Crippen LogP contribution in [0.5, 0.6) is 0 Å². The minimum absolute atomic E-state index is 0.0416. The molecule has 0 saturated heterocycles. The molecular formula is C22H20N2O3. The SMILES string of the molecule is COCc1c(C(=O)O)ncc2[nH]c3ccc(CCc4ccccc4)cc3c12. The van der Waals surface area contributed by atoms with Crippen LogP contribution in [0.4, 0.5) is 0 Å². The zero-order chi connectivity index (χ0) is 18.8. The number of ether oxygens (including phenoxy) is 1. The molecule has 0 aliphatic carbocycles. The lowest BCUT2D eigenvalue weighted by molar-refractivity contribution is 0.0685. The number of carboxylic acids is 1. The van der Waals surface area contributed by atoms with Gasteiger partial charge in [-0.1, -0.05) is 36.4 Å². The van der Waals surface area contributed by atoms with Gasteiger partial charge in [0.1, 0.15) is 0 Å². The number of benzene rings is 2. The van der Waals surface area contributed by atoms with Crippen LogP contribution < -0.4 is 0 Å². The van der Waals surface area contributed by atoms with Crippen molar-refractivity contribution in [2.24, 2.45) is 0 Å². The summed E-state index contributed by atoms with van der Waals surface area (Å²) < 4.78 is 5.26. The predicted molar refractivity (Wildman–Crippen MR) is 105 cm³/mol. The topological polar surface area (TPSA) is 75.2 Å². The molecule has 0 saturated carbocycles. The number of carboxylic acid groups (broad SMARTS) is 1. The highest BCUT2D eigenvalue weighted by molar-refractivity contribution is 6.11. The molecule has 4 aromatic rings. The number of pyridine rings is 1. The largest absolute Gasteiger partial charge is 0.477 e. The molecule has 2 N–H and O–H groups in total. The van der Waals surface area contributed by atoms with Gasteiger partial charge in [0.2, 0.25) is 0 Å². The van der Waals surface area contributed by atoms with Crippen molar-refractivity contribution >= 4 is 27.8 Å². The fourth-order valence-corrected chi connectivity index (χ4v) is 3.57. The zero-order valence-corrected chi connectivity index (χ0v) is 15.0. The number of carbonyl (C=O) groups is 1. The van der Waals surface area contributed by atoms with Crippen LogP contribution in [0.15, 0.2) is 54.7 Å². The van der Waals surface area contributed by atoms with E-state index in [1.54, 1.807) is 13.3 Å². The number of nitrogens with one attached hydrogen (secondary N) is 1. The molecule has 0 amide bonds. The van der Waals surface area contributed by atoms with Gasteiger partial charge in [0.15, 0.2) is 5.69 Å². The van der Waals surface area contributed by atoms with E-state index in [-0.39, 0.29) is 12.3 Å². The first kappa shape index (κ1) is 17.2. The van der Waals surface area contributed by atoms with Crippen molar-refractivity contribution in [1.29, 1.82) is 0 Å². The Morgan fingerprint density at radius 2 is 1.85 bits per heavy atom. The quantitative estimate of drug-likeness (QED) is 0.536. The molecule has 0 radical (unpaired) electrons. The van der Waals surface area contributed by atoms with Crippen molar-refractivity contribution in [3.63, 3.8) is 0 Å². The molecule has 0 aliphatic heterocycles. The molecule has 5 nitrogen and oxygen atoms in total. The number of aromatic nitrogens is 2. The number of methoxy groups -OCH3 is 1. The molecule has 2 aromatic carbocycles. The summed E-state index contributed by atoms with van der Waals surface area (Å²) in [6.45, 7) is 0.202. The van der Waals surface area contributed by atoms with Crippen LogP contribution in [-0.2, 0) is 24.2 Å². The van der Waals surface area contributed by atoms with Gasteiger partial charge < -0.3 is 14.8 Å². The number of aromatic amines is 1. The van der Waals surface area contributed by atoms with E-state index >= 15 is 0 Å². The highest BCUT2D eigenvalue weighted by Crippen LogP contribution is 2.31. The molecular weight excluding hydrogens is 340 g/mol. The Hall–Kier alpha value is -3.18. The van der Waals surface area contributed by atoms with Crippen LogP contribution in [0, 0.1) is 0 Å². The van der Waals surface area contributed by atoms with Gasteiger partial charge in [-0.2, -0.15) is 0 Å². The van der Waals surface area contributed by atoms with E-state index in [0.29, 0.717) is 5.56 Å². The second kappa shape index (κ2) is 7.21. The highest BCUT2D eigenvalue weighted by Gasteiger charge is 2.18. The first-order chi connectivity index (χ1) is 13.2. The van der Waals surface area contributed by atoms with Crippen LogP contribution in [-0.4, -0.2) is 28.2 Å². The molecule has 4 rings (SSSR count). The molecule has 0 fully saturated rings. The predicted octanol–water partition coefficient (Wildman–Crippen LogP) is 4.35. The van der Waals surface area contributed by atoms with E-state index in [4.69, 9.17) is 4.74 Å². The van der Waals surface area contributed by atoms with Gasteiger partial charge in [0.25, 0.3) is 0 Å². The molecule has 0 spiro atoms. The van der Waals surface area contributed by atoms with Crippen LogP contribution in [0.25, 0.3) is 21.8 Å². The van der Waals surface area contributed by atoms with E-state index in [1.807, 2.05) is 12.1 Å². The van der Waals surface area contributed by atoms with Crippen molar-refractivity contribution in [1.82, 2.24) is 9.97 Å². The molecule has 5 heteroatoms. The van der Waals surface area contributed by atoms with Crippen molar-refractivity contribution in [3.8, 4) is 0 Å². The second-order valence-corrected chi connectivity index (χ2v) is 6.60. The number of hydrogen-bond donors (Lipinski definition) is 2. The molecule has 27 heavy (non-hydrogen) atoms. The van der Waals surface area contributed by atoms with Gasteiger partial charge in [-0.3, -0.25) is 0 Å². The van der Waals surface area contributed by atoms with Crippen molar-refractivity contribution in [3.05, 3.63) is 77.1 Å². The molecule has 2 heterocycles. The Kier molecular flexibility index (Phi) is 4.60. The van der Waals surface area contributed by atoms with E-state index in [0.717, 1.165) is 34.6 Å². The monoisotopic (exact) mass is 360 g/mol. The highest BCUT2D eigenvalue weighted by atomic mass is 16.5. The summed E-state index contributed by atoms with van der Waals surface area (Å²) in [4.78, 5) is 19.0. The molecule has 2 aromatic heterocycles.